The molecular formula is C12H22N2OS. The second-order valence-electron chi connectivity index (χ2n) is 4.17. The Hall–Kier alpha value is -0.450. The summed E-state index contributed by atoms with van der Waals surface area (Å²) in [4.78, 5) is 5.77. The lowest BCUT2D eigenvalue weighted by atomic mass is 10.1. The smallest absolute Gasteiger partial charge is 0.109 e. The van der Waals surface area contributed by atoms with Gasteiger partial charge in [0.1, 0.15) is 5.01 Å². The number of rotatable bonds is 7. The molecule has 0 bridgehead atoms. The molecule has 0 saturated carbocycles. The average Bonchev–Trinajstić information content (AvgIpc) is 2.74. The highest BCUT2D eigenvalue weighted by molar-refractivity contribution is 7.11. The normalized spacial score (nSPS) is 15.0. The Morgan fingerprint density at radius 3 is 2.81 bits per heavy atom. The van der Waals surface area contributed by atoms with Crippen molar-refractivity contribution in [3.63, 3.8) is 0 Å². The largest absolute Gasteiger partial charge is 0.396 e. The molecule has 0 saturated heterocycles. The average molecular weight is 242 g/mol. The molecule has 92 valence electrons. The van der Waals surface area contributed by atoms with Crippen LogP contribution in [0.2, 0.25) is 0 Å². The molecule has 2 unspecified atom stereocenters. The van der Waals surface area contributed by atoms with Gasteiger partial charge >= 0.3 is 0 Å². The second-order valence-corrected chi connectivity index (χ2v) is 5.32. The molecule has 1 aromatic rings. The highest BCUT2D eigenvalue weighted by Crippen LogP contribution is 2.20. The van der Waals surface area contributed by atoms with Crippen molar-refractivity contribution in [2.24, 2.45) is 0 Å². The molecule has 0 amide bonds. The molecule has 0 fully saturated rings. The maximum Gasteiger partial charge on any atom is 0.109 e. The van der Waals surface area contributed by atoms with Crippen LogP contribution in [0.25, 0.3) is 0 Å². The van der Waals surface area contributed by atoms with E-state index in [0.717, 1.165) is 24.3 Å². The van der Waals surface area contributed by atoms with Gasteiger partial charge in [0.2, 0.25) is 0 Å². The number of aliphatic hydroxyl groups is 1. The van der Waals surface area contributed by atoms with Gasteiger partial charge in [-0.2, -0.15) is 0 Å². The van der Waals surface area contributed by atoms with Crippen molar-refractivity contribution < 1.29 is 5.11 Å². The first-order chi connectivity index (χ1) is 7.67. The minimum atomic E-state index is 0.275. The number of aromatic nitrogens is 1. The maximum absolute atomic E-state index is 8.76. The standard InChI is InChI=1S/C12H22N2OS/c1-4-11-8-13-12(16-11)10(3)14-9(2)6-5-7-15/h8-10,14-15H,4-7H2,1-3H3. The van der Waals surface area contributed by atoms with Gasteiger partial charge in [-0.05, 0) is 33.1 Å². The molecule has 16 heavy (non-hydrogen) atoms. The van der Waals surface area contributed by atoms with E-state index in [1.54, 1.807) is 11.3 Å². The Kier molecular flexibility index (Phi) is 5.95. The second kappa shape index (κ2) is 6.99. The van der Waals surface area contributed by atoms with Crippen LogP contribution < -0.4 is 5.32 Å². The molecule has 0 aliphatic heterocycles. The first kappa shape index (κ1) is 13.6. The Morgan fingerprint density at radius 1 is 1.50 bits per heavy atom. The van der Waals surface area contributed by atoms with E-state index in [4.69, 9.17) is 5.11 Å². The summed E-state index contributed by atoms with van der Waals surface area (Å²) in [6.45, 7) is 6.73. The van der Waals surface area contributed by atoms with Crippen molar-refractivity contribution in [3.05, 3.63) is 16.1 Å². The number of hydrogen-bond acceptors (Lipinski definition) is 4. The number of thiazole rings is 1. The van der Waals surface area contributed by atoms with E-state index < -0.39 is 0 Å². The van der Waals surface area contributed by atoms with E-state index in [9.17, 15) is 0 Å². The van der Waals surface area contributed by atoms with Crippen LogP contribution in [0.5, 0.6) is 0 Å². The Morgan fingerprint density at radius 2 is 2.25 bits per heavy atom. The number of aryl methyl sites for hydroxylation is 1. The Bertz CT molecular complexity index is 301. The number of nitrogens with one attached hydrogen (secondary N) is 1. The van der Waals surface area contributed by atoms with Crippen molar-refractivity contribution in [2.45, 2.75) is 52.1 Å². The van der Waals surface area contributed by atoms with Crippen LogP contribution in [-0.2, 0) is 6.42 Å². The lowest BCUT2D eigenvalue weighted by Gasteiger charge is -2.17. The highest BCUT2D eigenvalue weighted by atomic mass is 32.1. The zero-order valence-electron chi connectivity index (χ0n) is 10.4. The molecule has 3 nitrogen and oxygen atoms in total. The molecule has 0 aromatic carbocycles. The summed E-state index contributed by atoms with van der Waals surface area (Å²) in [5.41, 5.74) is 0. The molecular weight excluding hydrogens is 220 g/mol. The minimum Gasteiger partial charge on any atom is -0.396 e. The number of hydrogen-bond donors (Lipinski definition) is 2. The fourth-order valence-corrected chi connectivity index (χ4v) is 2.53. The van der Waals surface area contributed by atoms with E-state index in [2.05, 4.69) is 31.1 Å². The van der Waals surface area contributed by atoms with Gasteiger partial charge in [-0.15, -0.1) is 11.3 Å². The van der Waals surface area contributed by atoms with Crippen LogP contribution in [0.15, 0.2) is 6.20 Å². The van der Waals surface area contributed by atoms with Gasteiger partial charge < -0.3 is 10.4 Å². The van der Waals surface area contributed by atoms with Crippen molar-refractivity contribution in [1.82, 2.24) is 10.3 Å². The summed E-state index contributed by atoms with van der Waals surface area (Å²) in [5.74, 6) is 0. The fourth-order valence-electron chi connectivity index (χ4n) is 1.67. The first-order valence-electron chi connectivity index (χ1n) is 5.98. The SMILES string of the molecule is CCc1cnc(C(C)NC(C)CCCO)s1. The third-order valence-electron chi connectivity index (χ3n) is 2.62. The first-order valence-corrected chi connectivity index (χ1v) is 6.80. The lowest BCUT2D eigenvalue weighted by Crippen LogP contribution is -2.29. The molecule has 4 heteroatoms. The van der Waals surface area contributed by atoms with Crippen LogP contribution in [-0.4, -0.2) is 22.7 Å². The molecule has 1 aromatic heterocycles. The van der Waals surface area contributed by atoms with Gasteiger partial charge in [0.05, 0.1) is 6.04 Å². The zero-order chi connectivity index (χ0) is 12.0. The topological polar surface area (TPSA) is 45.2 Å². The molecule has 0 aliphatic rings. The third kappa shape index (κ3) is 4.20. The van der Waals surface area contributed by atoms with Crippen molar-refractivity contribution >= 4 is 11.3 Å². The van der Waals surface area contributed by atoms with Gasteiger partial charge in [0.25, 0.3) is 0 Å². The van der Waals surface area contributed by atoms with E-state index >= 15 is 0 Å². The predicted molar refractivity (Wildman–Crippen MR) is 68.8 cm³/mol. The molecule has 1 rings (SSSR count). The molecule has 0 spiro atoms. The quantitative estimate of drug-likeness (QED) is 0.772. The molecule has 1 heterocycles. The number of aliphatic hydroxyl groups excluding tert-OH is 1. The Balaban J connectivity index is 2.41. The predicted octanol–water partition coefficient (Wildman–Crippen LogP) is 2.52. The van der Waals surface area contributed by atoms with Gasteiger partial charge in [0.15, 0.2) is 0 Å². The molecule has 0 aliphatic carbocycles. The highest BCUT2D eigenvalue weighted by Gasteiger charge is 2.12. The van der Waals surface area contributed by atoms with Crippen LogP contribution in [0.3, 0.4) is 0 Å². The van der Waals surface area contributed by atoms with Gasteiger partial charge in [-0.25, -0.2) is 4.98 Å². The monoisotopic (exact) mass is 242 g/mol. The summed E-state index contributed by atoms with van der Waals surface area (Å²) in [6, 6.07) is 0.732. The number of nitrogens with zero attached hydrogens (tertiary/aromatic N) is 1. The zero-order valence-corrected chi connectivity index (χ0v) is 11.2. The van der Waals surface area contributed by atoms with Crippen molar-refractivity contribution in [1.29, 1.82) is 0 Å². The Labute approximate surface area is 102 Å². The minimum absolute atomic E-state index is 0.275. The molecule has 2 atom stereocenters. The van der Waals surface area contributed by atoms with E-state index in [1.165, 1.54) is 4.88 Å². The van der Waals surface area contributed by atoms with Crippen molar-refractivity contribution in [3.8, 4) is 0 Å². The summed E-state index contributed by atoms with van der Waals surface area (Å²) in [5, 5.41) is 13.4. The fraction of sp³-hybridized carbons (Fsp3) is 0.750. The summed E-state index contributed by atoms with van der Waals surface area (Å²) >= 11 is 1.78. The van der Waals surface area contributed by atoms with Crippen LogP contribution >= 0.6 is 11.3 Å². The summed E-state index contributed by atoms with van der Waals surface area (Å²) < 4.78 is 0. The third-order valence-corrected chi connectivity index (χ3v) is 3.94. The van der Waals surface area contributed by atoms with Crippen LogP contribution in [0, 0.1) is 0 Å². The summed E-state index contributed by atoms with van der Waals surface area (Å²) in [7, 11) is 0. The molecule has 2 N–H and O–H groups in total. The maximum atomic E-state index is 8.76. The van der Waals surface area contributed by atoms with Crippen LogP contribution in [0.1, 0.15) is 49.5 Å². The van der Waals surface area contributed by atoms with Gasteiger partial charge in [0, 0.05) is 23.7 Å². The van der Waals surface area contributed by atoms with Crippen LogP contribution in [0.4, 0.5) is 0 Å². The van der Waals surface area contributed by atoms with E-state index in [0.29, 0.717) is 12.1 Å². The van der Waals surface area contributed by atoms with E-state index in [1.807, 2.05) is 6.20 Å². The van der Waals surface area contributed by atoms with Gasteiger partial charge in [-0.1, -0.05) is 6.92 Å². The molecule has 0 radical (unpaired) electrons. The lowest BCUT2D eigenvalue weighted by molar-refractivity contribution is 0.274. The van der Waals surface area contributed by atoms with Gasteiger partial charge in [-0.3, -0.25) is 0 Å². The van der Waals surface area contributed by atoms with E-state index in [-0.39, 0.29) is 6.61 Å². The summed E-state index contributed by atoms with van der Waals surface area (Å²) in [6.07, 6.45) is 4.90. The van der Waals surface area contributed by atoms with Crippen molar-refractivity contribution in [2.75, 3.05) is 6.61 Å².